The van der Waals surface area contributed by atoms with Gasteiger partial charge in [-0.3, -0.25) is 4.79 Å². The standard InChI is InChI=1S/C12H16ClNO2/c1-8-4-5-10(13)6-11(8)12(16)14(3)9(2)7-15/h4-6,9,15H,7H2,1-3H3. The first-order valence-electron chi connectivity index (χ1n) is 5.11. The van der Waals surface area contributed by atoms with Crippen molar-refractivity contribution in [2.75, 3.05) is 13.7 Å². The minimum absolute atomic E-state index is 0.0537. The van der Waals surface area contributed by atoms with E-state index in [1.807, 2.05) is 13.0 Å². The lowest BCUT2D eigenvalue weighted by Gasteiger charge is -2.24. The van der Waals surface area contributed by atoms with Gasteiger partial charge < -0.3 is 10.0 Å². The Balaban J connectivity index is 3.00. The van der Waals surface area contributed by atoms with Gasteiger partial charge in [-0.2, -0.15) is 0 Å². The molecule has 0 aromatic heterocycles. The van der Waals surface area contributed by atoms with Crippen molar-refractivity contribution in [1.82, 2.24) is 4.90 Å². The van der Waals surface area contributed by atoms with Crippen molar-refractivity contribution >= 4 is 17.5 Å². The number of rotatable bonds is 3. The molecule has 4 heteroatoms. The van der Waals surface area contributed by atoms with Crippen molar-refractivity contribution in [1.29, 1.82) is 0 Å². The molecule has 1 rings (SSSR count). The Morgan fingerprint density at radius 3 is 2.75 bits per heavy atom. The molecule has 3 nitrogen and oxygen atoms in total. The van der Waals surface area contributed by atoms with Crippen LogP contribution in [0.15, 0.2) is 18.2 Å². The van der Waals surface area contributed by atoms with Crippen LogP contribution in [0.5, 0.6) is 0 Å². The van der Waals surface area contributed by atoms with Gasteiger partial charge in [-0.15, -0.1) is 0 Å². The highest BCUT2D eigenvalue weighted by Gasteiger charge is 2.18. The number of amides is 1. The average molecular weight is 242 g/mol. The molecule has 0 aliphatic heterocycles. The number of hydrogen-bond acceptors (Lipinski definition) is 2. The van der Waals surface area contributed by atoms with Gasteiger partial charge >= 0.3 is 0 Å². The minimum atomic E-state index is -0.203. The van der Waals surface area contributed by atoms with E-state index >= 15 is 0 Å². The summed E-state index contributed by atoms with van der Waals surface area (Å²) in [5.74, 6) is -0.124. The molecule has 0 spiro atoms. The lowest BCUT2D eigenvalue weighted by Crippen LogP contribution is -2.37. The third-order valence-corrected chi connectivity index (χ3v) is 2.91. The SMILES string of the molecule is Cc1ccc(Cl)cc1C(=O)N(C)C(C)CO. The van der Waals surface area contributed by atoms with Gasteiger partial charge in [0, 0.05) is 17.6 Å². The number of nitrogens with zero attached hydrogens (tertiary/aromatic N) is 1. The second kappa shape index (κ2) is 5.32. The molecule has 88 valence electrons. The largest absolute Gasteiger partial charge is 0.394 e. The fraction of sp³-hybridized carbons (Fsp3) is 0.417. The number of aliphatic hydroxyl groups is 1. The smallest absolute Gasteiger partial charge is 0.254 e. The van der Waals surface area contributed by atoms with Crippen LogP contribution in [0.4, 0.5) is 0 Å². The molecule has 0 saturated carbocycles. The van der Waals surface area contributed by atoms with Crippen LogP contribution in [0.25, 0.3) is 0 Å². The minimum Gasteiger partial charge on any atom is -0.394 e. The van der Waals surface area contributed by atoms with Gasteiger partial charge in [0.15, 0.2) is 0 Å². The average Bonchev–Trinajstić information content (AvgIpc) is 2.29. The molecule has 1 unspecified atom stereocenters. The van der Waals surface area contributed by atoms with Gasteiger partial charge in [-0.25, -0.2) is 0 Å². The Kier molecular flexibility index (Phi) is 4.33. The van der Waals surface area contributed by atoms with E-state index in [9.17, 15) is 4.79 Å². The molecule has 1 N–H and O–H groups in total. The molecule has 0 radical (unpaired) electrons. The summed E-state index contributed by atoms with van der Waals surface area (Å²) in [6.07, 6.45) is 0. The Labute approximate surface area is 101 Å². The number of hydrogen-bond donors (Lipinski definition) is 1. The zero-order valence-corrected chi connectivity index (χ0v) is 10.5. The van der Waals surface area contributed by atoms with Gasteiger partial charge in [0.1, 0.15) is 0 Å². The molecule has 1 amide bonds. The quantitative estimate of drug-likeness (QED) is 0.881. The molecule has 16 heavy (non-hydrogen) atoms. The van der Waals surface area contributed by atoms with Gasteiger partial charge in [0.2, 0.25) is 0 Å². The summed E-state index contributed by atoms with van der Waals surface area (Å²) in [7, 11) is 1.67. The highest BCUT2D eigenvalue weighted by molar-refractivity contribution is 6.31. The van der Waals surface area contributed by atoms with Crippen molar-refractivity contribution in [2.45, 2.75) is 19.9 Å². The molecule has 1 atom stereocenters. The molecular formula is C12H16ClNO2. The van der Waals surface area contributed by atoms with Crippen LogP contribution in [-0.2, 0) is 0 Å². The maximum atomic E-state index is 12.1. The molecule has 0 bridgehead atoms. The van der Waals surface area contributed by atoms with Crippen LogP contribution < -0.4 is 0 Å². The Bertz CT molecular complexity index is 393. The first kappa shape index (κ1) is 13.0. The summed E-state index contributed by atoms with van der Waals surface area (Å²) in [5.41, 5.74) is 1.46. The number of likely N-dealkylation sites (N-methyl/N-ethyl adjacent to an activating group) is 1. The van der Waals surface area contributed by atoms with E-state index < -0.39 is 0 Å². The lowest BCUT2D eigenvalue weighted by molar-refractivity contribution is 0.0681. The third kappa shape index (κ3) is 2.74. The Hall–Kier alpha value is -1.06. The fourth-order valence-corrected chi connectivity index (χ4v) is 1.51. The van der Waals surface area contributed by atoms with Crippen LogP contribution in [0.3, 0.4) is 0 Å². The zero-order chi connectivity index (χ0) is 12.3. The van der Waals surface area contributed by atoms with Crippen LogP contribution >= 0.6 is 11.6 Å². The number of carbonyl (C=O) groups excluding carboxylic acids is 1. The lowest BCUT2D eigenvalue weighted by atomic mass is 10.1. The van der Waals surface area contributed by atoms with E-state index in [4.69, 9.17) is 16.7 Å². The first-order valence-corrected chi connectivity index (χ1v) is 5.49. The second-order valence-corrected chi connectivity index (χ2v) is 4.34. The summed E-state index contributed by atoms with van der Waals surface area (Å²) in [4.78, 5) is 13.6. The monoisotopic (exact) mass is 241 g/mol. The predicted molar refractivity (Wildman–Crippen MR) is 64.8 cm³/mol. The maximum Gasteiger partial charge on any atom is 0.254 e. The van der Waals surface area contributed by atoms with Gasteiger partial charge in [0.05, 0.1) is 12.6 Å². The summed E-state index contributed by atoms with van der Waals surface area (Å²) in [6.45, 7) is 3.60. The van der Waals surface area contributed by atoms with Crippen LogP contribution in [0.1, 0.15) is 22.8 Å². The van der Waals surface area contributed by atoms with E-state index in [1.165, 1.54) is 4.90 Å². The van der Waals surface area contributed by atoms with Gasteiger partial charge in [0.25, 0.3) is 5.91 Å². The first-order chi connectivity index (χ1) is 7.47. The van der Waals surface area contributed by atoms with Crippen molar-refractivity contribution in [3.05, 3.63) is 34.3 Å². The third-order valence-electron chi connectivity index (χ3n) is 2.68. The molecule has 1 aromatic rings. The van der Waals surface area contributed by atoms with Gasteiger partial charge in [-0.05, 0) is 31.5 Å². The van der Waals surface area contributed by atoms with Crippen molar-refractivity contribution in [3.63, 3.8) is 0 Å². The molecule has 0 heterocycles. The molecule has 0 fully saturated rings. The Morgan fingerprint density at radius 2 is 2.19 bits per heavy atom. The van der Waals surface area contributed by atoms with Crippen molar-refractivity contribution < 1.29 is 9.90 Å². The van der Waals surface area contributed by atoms with E-state index in [0.29, 0.717) is 10.6 Å². The van der Waals surface area contributed by atoms with Gasteiger partial charge in [-0.1, -0.05) is 17.7 Å². The number of aliphatic hydroxyl groups excluding tert-OH is 1. The van der Waals surface area contributed by atoms with Crippen LogP contribution in [0, 0.1) is 6.92 Å². The summed E-state index contributed by atoms with van der Waals surface area (Å²) in [5, 5.41) is 9.55. The highest BCUT2D eigenvalue weighted by Crippen LogP contribution is 2.17. The fourth-order valence-electron chi connectivity index (χ4n) is 1.34. The predicted octanol–water partition coefficient (Wildman–Crippen LogP) is 2.10. The Morgan fingerprint density at radius 1 is 1.56 bits per heavy atom. The summed E-state index contributed by atoms with van der Waals surface area (Å²) >= 11 is 5.86. The summed E-state index contributed by atoms with van der Waals surface area (Å²) in [6, 6.07) is 5.02. The van der Waals surface area contributed by atoms with Crippen LogP contribution in [0.2, 0.25) is 5.02 Å². The zero-order valence-electron chi connectivity index (χ0n) is 9.70. The molecule has 0 aliphatic carbocycles. The number of halogens is 1. The van der Waals surface area contributed by atoms with E-state index in [1.54, 1.807) is 26.1 Å². The van der Waals surface area contributed by atoms with E-state index in [2.05, 4.69) is 0 Å². The van der Waals surface area contributed by atoms with E-state index in [0.717, 1.165) is 5.56 Å². The summed E-state index contributed by atoms with van der Waals surface area (Å²) < 4.78 is 0. The second-order valence-electron chi connectivity index (χ2n) is 3.91. The molecule has 0 aliphatic rings. The number of carbonyl (C=O) groups is 1. The topological polar surface area (TPSA) is 40.5 Å². The van der Waals surface area contributed by atoms with Crippen molar-refractivity contribution in [3.8, 4) is 0 Å². The van der Waals surface area contributed by atoms with E-state index in [-0.39, 0.29) is 18.6 Å². The molecule has 0 saturated heterocycles. The number of aryl methyl sites for hydroxylation is 1. The molecule has 1 aromatic carbocycles. The normalized spacial score (nSPS) is 12.3. The van der Waals surface area contributed by atoms with Crippen molar-refractivity contribution in [2.24, 2.45) is 0 Å². The van der Waals surface area contributed by atoms with Crippen LogP contribution in [-0.4, -0.2) is 35.6 Å². The maximum absolute atomic E-state index is 12.1. The number of benzene rings is 1. The molecular weight excluding hydrogens is 226 g/mol. The highest BCUT2D eigenvalue weighted by atomic mass is 35.5.